The van der Waals surface area contributed by atoms with E-state index in [0.29, 0.717) is 27.9 Å². The van der Waals surface area contributed by atoms with Crippen LogP contribution in [0, 0.1) is 6.92 Å². The lowest BCUT2D eigenvalue weighted by Gasteiger charge is -2.10. The summed E-state index contributed by atoms with van der Waals surface area (Å²) in [5.74, 6) is 0.773. The molecule has 1 N–H and O–H groups in total. The van der Waals surface area contributed by atoms with Gasteiger partial charge in [-0.15, -0.1) is 0 Å². The zero-order chi connectivity index (χ0) is 20.3. The Kier molecular flexibility index (Phi) is 5.93. The zero-order valence-corrected chi connectivity index (χ0v) is 16.9. The second kappa shape index (κ2) is 8.39. The standard InChI is InChI=1S/C19H21N3O5S/c1-11-7-13-14(8-12(11)9-17(23)26-3)22-19(21-13)28(24)10-15-18(27-4)16(25-2)5-6-20-15/h5-8H,9-10H2,1-4H3,(H,21,22). The Morgan fingerprint density at radius 1 is 1.21 bits per heavy atom. The highest BCUT2D eigenvalue weighted by Gasteiger charge is 2.18. The van der Waals surface area contributed by atoms with Gasteiger partial charge in [0.05, 0.1) is 61.0 Å². The van der Waals surface area contributed by atoms with E-state index in [-0.39, 0.29) is 18.1 Å². The minimum atomic E-state index is -1.47. The molecule has 1 atom stereocenters. The fourth-order valence-electron chi connectivity index (χ4n) is 2.86. The van der Waals surface area contributed by atoms with E-state index in [1.54, 1.807) is 12.3 Å². The highest BCUT2D eigenvalue weighted by Crippen LogP contribution is 2.30. The van der Waals surface area contributed by atoms with Gasteiger partial charge in [0.25, 0.3) is 0 Å². The molecule has 0 aliphatic rings. The van der Waals surface area contributed by atoms with E-state index in [4.69, 9.17) is 14.2 Å². The third kappa shape index (κ3) is 3.99. The first-order chi connectivity index (χ1) is 13.5. The predicted molar refractivity (Wildman–Crippen MR) is 104 cm³/mol. The number of carbonyl (C=O) groups is 1. The average molecular weight is 403 g/mol. The Labute approximate surface area is 164 Å². The van der Waals surface area contributed by atoms with E-state index in [1.807, 2.05) is 19.1 Å². The highest BCUT2D eigenvalue weighted by molar-refractivity contribution is 7.84. The molecule has 0 saturated heterocycles. The van der Waals surface area contributed by atoms with Gasteiger partial charge in [0.15, 0.2) is 16.7 Å². The molecule has 0 bridgehead atoms. The largest absolute Gasteiger partial charge is 0.493 e. The number of esters is 1. The van der Waals surface area contributed by atoms with Crippen LogP contribution in [0.25, 0.3) is 11.0 Å². The second-order valence-corrected chi connectivity index (χ2v) is 7.44. The molecular formula is C19H21N3O5S. The van der Waals surface area contributed by atoms with Gasteiger partial charge < -0.3 is 19.2 Å². The Morgan fingerprint density at radius 2 is 2.00 bits per heavy atom. The van der Waals surface area contributed by atoms with Crippen molar-refractivity contribution < 1.29 is 23.2 Å². The Morgan fingerprint density at radius 3 is 2.68 bits per heavy atom. The summed E-state index contributed by atoms with van der Waals surface area (Å²) in [7, 11) is 2.93. The van der Waals surface area contributed by atoms with Crippen LogP contribution < -0.4 is 9.47 Å². The van der Waals surface area contributed by atoms with Crippen LogP contribution in [0.4, 0.5) is 0 Å². The molecular weight excluding hydrogens is 382 g/mol. The number of aryl methyl sites for hydroxylation is 1. The number of aromatic nitrogens is 3. The molecule has 28 heavy (non-hydrogen) atoms. The van der Waals surface area contributed by atoms with E-state index in [1.165, 1.54) is 21.3 Å². The summed E-state index contributed by atoms with van der Waals surface area (Å²) in [6.45, 7) is 1.90. The molecule has 0 aliphatic carbocycles. The van der Waals surface area contributed by atoms with Crippen molar-refractivity contribution in [2.45, 2.75) is 24.3 Å². The Hall–Kier alpha value is -2.94. The molecule has 1 aromatic carbocycles. The van der Waals surface area contributed by atoms with Gasteiger partial charge in [-0.25, -0.2) is 4.98 Å². The maximum Gasteiger partial charge on any atom is 0.309 e. The maximum absolute atomic E-state index is 12.9. The molecule has 8 nitrogen and oxygen atoms in total. The van der Waals surface area contributed by atoms with Gasteiger partial charge in [0.1, 0.15) is 0 Å². The van der Waals surface area contributed by atoms with Gasteiger partial charge >= 0.3 is 5.97 Å². The Bertz CT molecular complexity index is 1050. The number of carbonyl (C=O) groups excluding carboxylic acids is 1. The van der Waals surface area contributed by atoms with Crippen LogP contribution in [-0.4, -0.2) is 46.5 Å². The smallest absolute Gasteiger partial charge is 0.309 e. The highest BCUT2D eigenvalue weighted by atomic mass is 32.2. The number of pyridine rings is 1. The summed E-state index contributed by atoms with van der Waals surface area (Å²) in [4.78, 5) is 23.4. The molecule has 0 amide bonds. The number of benzene rings is 1. The number of hydrogen-bond donors (Lipinski definition) is 1. The van der Waals surface area contributed by atoms with Crippen molar-refractivity contribution >= 4 is 27.8 Å². The summed E-state index contributed by atoms with van der Waals surface area (Å²) in [5.41, 5.74) is 3.65. The molecule has 1 unspecified atom stereocenters. The lowest BCUT2D eigenvalue weighted by Crippen LogP contribution is -2.05. The third-order valence-electron chi connectivity index (χ3n) is 4.33. The molecule has 3 aromatic rings. The van der Waals surface area contributed by atoms with E-state index in [9.17, 15) is 9.00 Å². The van der Waals surface area contributed by atoms with E-state index < -0.39 is 10.8 Å². The first kappa shape index (κ1) is 19.8. The van der Waals surface area contributed by atoms with Crippen LogP contribution in [0.15, 0.2) is 29.6 Å². The summed E-state index contributed by atoms with van der Waals surface area (Å²) in [6.07, 6.45) is 1.74. The molecule has 0 radical (unpaired) electrons. The fourth-order valence-corrected chi connectivity index (χ4v) is 3.87. The van der Waals surface area contributed by atoms with Gasteiger partial charge in [-0.2, -0.15) is 0 Å². The molecule has 148 valence electrons. The van der Waals surface area contributed by atoms with Gasteiger partial charge in [0.2, 0.25) is 0 Å². The van der Waals surface area contributed by atoms with Crippen molar-refractivity contribution in [3.8, 4) is 11.5 Å². The summed E-state index contributed by atoms with van der Waals surface area (Å²) >= 11 is 0. The number of hydrogen-bond acceptors (Lipinski definition) is 7. The molecule has 0 saturated carbocycles. The molecule has 3 rings (SSSR count). The SMILES string of the molecule is COC(=O)Cc1cc2nc(S(=O)Cc3nccc(OC)c3OC)[nH]c2cc1C. The van der Waals surface area contributed by atoms with Crippen LogP contribution in [0.1, 0.15) is 16.8 Å². The fraction of sp³-hybridized carbons (Fsp3) is 0.316. The molecule has 2 aromatic heterocycles. The van der Waals surface area contributed by atoms with Crippen molar-refractivity contribution in [2.24, 2.45) is 0 Å². The summed E-state index contributed by atoms with van der Waals surface area (Å²) in [6, 6.07) is 5.37. The molecule has 0 fully saturated rings. The first-order valence-corrected chi connectivity index (χ1v) is 9.79. The summed E-state index contributed by atoms with van der Waals surface area (Å²) < 4.78 is 28.2. The number of nitrogens with one attached hydrogen (secondary N) is 1. The maximum atomic E-state index is 12.9. The number of methoxy groups -OCH3 is 3. The van der Waals surface area contributed by atoms with Crippen LogP contribution in [0.3, 0.4) is 0 Å². The van der Waals surface area contributed by atoms with Crippen LogP contribution in [0.5, 0.6) is 11.5 Å². The monoisotopic (exact) mass is 403 g/mol. The van der Waals surface area contributed by atoms with Gasteiger partial charge in [-0.3, -0.25) is 14.0 Å². The number of fused-ring (bicyclic) bond motifs is 1. The number of imidazole rings is 1. The number of nitrogens with zero attached hydrogens (tertiary/aromatic N) is 2. The quantitative estimate of drug-likeness (QED) is 0.604. The normalized spacial score (nSPS) is 12.0. The van der Waals surface area contributed by atoms with Crippen molar-refractivity contribution in [3.05, 3.63) is 41.2 Å². The lowest BCUT2D eigenvalue weighted by atomic mass is 10.0. The number of H-pyrrole nitrogens is 1. The molecule has 0 spiro atoms. The van der Waals surface area contributed by atoms with Crippen molar-refractivity contribution in [1.29, 1.82) is 0 Å². The molecule has 9 heteroatoms. The first-order valence-electron chi connectivity index (χ1n) is 8.47. The van der Waals surface area contributed by atoms with Crippen molar-refractivity contribution in [3.63, 3.8) is 0 Å². The van der Waals surface area contributed by atoms with E-state index >= 15 is 0 Å². The third-order valence-corrected chi connectivity index (χ3v) is 5.49. The van der Waals surface area contributed by atoms with Crippen LogP contribution >= 0.6 is 0 Å². The minimum Gasteiger partial charge on any atom is -0.493 e. The number of rotatable bonds is 7. The van der Waals surface area contributed by atoms with Crippen LogP contribution in [0.2, 0.25) is 0 Å². The van der Waals surface area contributed by atoms with Gasteiger partial charge in [-0.05, 0) is 30.2 Å². The van der Waals surface area contributed by atoms with Crippen LogP contribution in [-0.2, 0) is 32.5 Å². The van der Waals surface area contributed by atoms with Gasteiger partial charge in [-0.1, -0.05) is 0 Å². The zero-order valence-electron chi connectivity index (χ0n) is 16.1. The minimum absolute atomic E-state index is 0.119. The molecule has 2 heterocycles. The predicted octanol–water partition coefficient (Wildman–Crippen LogP) is 2.31. The average Bonchev–Trinajstić information content (AvgIpc) is 3.10. The molecule has 0 aliphatic heterocycles. The summed E-state index contributed by atoms with van der Waals surface area (Å²) in [5, 5.41) is 0.330. The Balaban J connectivity index is 1.90. The topological polar surface area (TPSA) is 103 Å². The van der Waals surface area contributed by atoms with E-state index in [0.717, 1.165) is 16.6 Å². The van der Waals surface area contributed by atoms with E-state index in [2.05, 4.69) is 15.0 Å². The van der Waals surface area contributed by atoms with Gasteiger partial charge in [0, 0.05) is 12.3 Å². The lowest BCUT2D eigenvalue weighted by molar-refractivity contribution is -0.139. The number of aromatic amines is 1. The second-order valence-electron chi connectivity index (χ2n) is 6.07. The number of ether oxygens (including phenoxy) is 3. The van der Waals surface area contributed by atoms with Crippen molar-refractivity contribution in [1.82, 2.24) is 15.0 Å². The van der Waals surface area contributed by atoms with Crippen molar-refractivity contribution in [2.75, 3.05) is 21.3 Å².